The van der Waals surface area contributed by atoms with Gasteiger partial charge in [0.1, 0.15) is 0 Å². The van der Waals surface area contributed by atoms with Crippen molar-refractivity contribution >= 4 is 11.5 Å². The van der Waals surface area contributed by atoms with Gasteiger partial charge < -0.3 is 5.73 Å². The van der Waals surface area contributed by atoms with E-state index in [1.807, 2.05) is 6.92 Å². The Morgan fingerprint density at radius 3 is 2.83 bits per heavy atom. The maximum atomic E-state index is 10.5. The zero-order valence-electron chi connectivity index (χ0n) is 6.65. The van der Waals surface area contributed by atoms with E-state index in [0.717, 1.165) is 0 Å². The van der Waals surface area contributed by atoms with Crippen LogP contribution in [0.15, 0.2) is 12.3 Å². The number of nitrogen functional groups attached to an aromatic ring is 1. The van der Waals surface area contributed by atoms with Crippen LogP contribution in [0.3, 0.4) is 0 Å². The van der Waals surface area contributed by atoms with Gasteiger partial charge in [-0.15, -0.1) is 0 Å². The van der Waals surface area contributed by atoms with Gasteiger partial charge in [-0.3, -0.25) is 10.1 Å². The Kier molecular flexibility index (Phi) is 2.23. The summed E-state index contributed by atoms with van der Waals surface area (Å²) in [5.74, 6) is -0.0145. The third kappa shape index (κ3) is 1.34. The summed E-state index contributed by atoms with van der Waals surface area (Å²) in [6.45, 7) is 1.84. The quantitative estimate of drug-likeness (QED) is 0.528. The van der Waals surface area contributed by atoms with Crippen LogP contribution in [0.1, 0.15) is 12.5 Å². The number of nitrogens with two attached hydrogens (primary N) is 1. The molecule has 0 aromatic carbocycles. The average Bonchev–Trinajstić information content (AvgIpc) is 2.03. The van der Waals surface area contributed by atoms with Gasteiger partial charge in [0.25, 0.3) is 0 Å². The molecular formula is C7H9N3O2. The van der Waals surface area contributed by atoms with E-state index in [9.17, 15) is 10.1 Å². The molecule has 1 aromatic heterocycles. The molecule has 0 fully saturated rings. The van der Waals surface area contributed by atoms with Crippen LogP contribution in [0.4, 0.5) is 11.5 Å². The highest BCUT2D eigenvalue weighted by atomic mass is 16.6. The van der Waals surface area contributed by atoms with Gasteiger partial charge in [-0.05, 0) is 12.5 Å². The number of aromatic nitrogens is 1. The molecule has 0 aliphatic rings. The van der Waals surface area contributed by atoms with E-state index >= 15 is 0 Å². The molecule has 5 nitrogen and oxygen atoms in total. The fourth-order valence-corrected chi connectivity index (χ4v) is 1.01. The molecule has 0 aliphatic heterocycles. The number of anilines is 1. The number of pyridine rings is 1. The Balaban J connectivity index is 3.29. The minimum atomic E-state index is -0.499. The molecule has 0 bridgehead atoms. The Hall–Kier alpha value is -1.65. The highest BCUT2D eigenvalue weighted by molar-refractivity contribution is 5.56. The lowest BCUT2D eigenvalue weighted by Crippen LogP contribution is -2.01. The Morgan fingerprint density at radius 2 is 2.42 bits per heavy atom. The van der Waals surface area contributed by atoms with Crippen LogP contribution in [0, 0.1) is 10.1 Å². The van der Waals surface area contributed by atoms with Crippen LogP contribution < -0.4 is 5.73 Å². The summed E-state index contributed by atoms with van der Waals surface area (Å²) < 4.78 is 0. The molecule has 0 amide bonds. The predicted octanol–water partition coefficient (Wildman–Crippen LogP) is 1.13. The van der Waals surface area contributed by atoms with Crippen LogP contribution in [0.25, 0.3) is 0 Å². The van der Waals surface area contributed by atoms with Crippen molar-refractivity contribution < 1.29 is 4.92 Å². The molecule has 64 valence electrons. The SMILES string of the molecule is CCc1ccnc(N)c1[N+](=O)[O-]. The Bertz CT molecular complexity index is 312. The van der Waals surface area contributed by atoms with Gasteiger partial charge in [-0.25, -0.2) is 4.98 Å². The van der Waals surface area contributed by atoms with Crippen molar-refractivity contribution in [3.63, 3.8) is 0 Å². The van der Waals surface area contributed by atoms with Gasteiger partial charge in [-0.1, -0.05) is 6.92 Å². The summed E-state index contributed by atoms with van der Waals surface area (Å²) in [4.78, 5) is 13.6. The van der Waals surface area contributed by atoms with E-state index in [0.29, 0.717) is 12.0 Å². The van der Waals surface area contributed by atoms with Crippen molar-refractivity contribution in [1.29, 1.82) is 0 Å². The summed E-state index contributed by atoms with van der Waals surface area (Å²) in [7, 11) is 0. The predicted molar refractivity (Wildman–Crippen MR) is 44.7 cm³/mol. The number of nitrogens with zero attached hydrogens (tertiary/aromatic N) is 2. The first-order valence-electron chi connectivity index (χ1n) is 3.54. The normalized spacial score (nSPS) is 9.75. The zero-order valence-corrected chi connectivity index (χ0v) is 6.65. The lowest BCUT2D eigenvalue weighted by atomic mass is 10.2. The van der Waals surface area contributed by atoms with E-state index < -0.39 is 4.92 Å². The summed E-state index contributed by atoms with van der Waals surface area (Å²) in [6, 6.07) is 1.61. The van der Waals surface area contributed by atoms with Crippen molar-refractivity contribution in [2.24, 2.45) is 0 Å². The molecule has 5 heteroatoms. The highest BCUT2D eigenvalue weighted by Crippen LogP contribution is 2.23. The third-order valence-electron chi connectivity index (χ3n) is 1.60. The second-order valence-electron chi connectivity index (χ2n) is 2.31. The van der Waals surface area contributed by atoms with Gasteiger partial charge >= 0.3 is 5.69 Å². The van der Waals surface area contributed by atoms with Gasteiger partial charge in [0.05, 0.1) is 4.92 Å². The Morgan fingerprint density at radius 1 is 1.75 bits per heavy atom. The molecule has 0 unspecified atom stereocenters. The first-order valence-corrected chi connectivity index (χ1v) is 3.54. The van der Waals surface area contributed by atoms with E-state index in [1.165, 1.54) is 6.20 Å². The molecule has 2 N–H and O–H groups in total. The molecule has 0 aliphatic carbocycles. The van der Waals surface area contributed by atoms with Crippen molar-refractivity contribution in [3.8, 4) is 0 Å². The van der Waals surface area contributed by atoms with Gasteiger partial charge in [0, 0.05) is 11.8 Å². The van der Waals surface area contributed by atoms with Crippen molar-refractivity contribution in [1.82, 2.24) is 4.98 Å². The second-order valence-corrected chi connectivity index (χ2v) is 2.31. The maximum absolute atomic E-state index is 10.5. The second kappa shape index (κ2) is 3.17. The first-order chi connectivity index (χ1) is 5.66. The van der Waals surface area contributed by atoms with E-state index in [-0.39, 0.29) is 11.5 Å². The smallest absolute Gasteiger partial charge is 0.314 e. The monoisotopic (exact) mass is 167 g/mol. The van der Waals surface area contributed by atoms with Crippen LogP contribution in [-0.2, 0) is 6.42 Å². The summed E-state index contributed by atoms with van der Waals surface area (Å²) in [6.07, 6.45) is 2.06. The first kappa shape index (κ1) is 8.45. The molecule has 1 rings (SSSR count). The van der Waals surface area contributed by atoms with Crippen molar-refractivity contribution in [2.75, 3.05) is 5.73 Å². The van der Waals surface area contributed by atoms with Crippen molar-refractivity contribution in [3.05, 3.63) is 27.9 Å². The van der Waals surface area contributed by atoms with E-state index in [2.05, 4.69) is 4.98 Å². The van der Waals surface area contributed by atoms with E-state index in [1.54, 1.807) is 6.07 Å². The number of nitro groups is 1. The van der Waals surface area contributed by atoms with E-state index in [4.69, 9.17) is 5.73 Å². The molecular weight excluding hydrogens is 158 g/mol. The Labute approximate surface area is 69.4 Å². The lowest BCUT2D eigenvalue weighted by Gasteiger charge is -2.00. The molecule has 1 aromatic rings. The standard InChI is InChI=1S/C7H9N3O2/c1-2-5-3-4-9-7(8)6(5)10(11)12/h3-4H,2H2,1H3,(H2,8,9). The molecule has 0 saturated carbocycles. The number of aryl methyl sites for hydroxylation is 1. The average molecular weight is 167 g/mol. The molecule has 1 heterocycles. The highest BCUT2D eigenvalue weighted by Gasteiger charge is 2.16. The van der Waals surface area contributed by atoms with Gasteiger partial charge in [0.2, 0.25) is 5.82 Å². The zero-order chi connectivity index (χ0) is 9.14. The third-order valence-corrected chi connectivity index (χ3v) is 1.60. The molecule has 0 saturated heterocycles. The summed E-state index contributed by atoms with van der Waals surface area (Å²) >= 11 is 0. The van der Waals surface area contributed by atoms with Gasteiger partial charge in [0.15, 0.2) is 0 Å². The number of hydrogen-bond donors (Lipinski definition) is 1. The maximum Gasteiger partial charge on any atom is 0.314 e. The largest absolute Gasteiger partial charge is 0.378 e. The van der Waals surface area contributed by atoms with Crippen LogP contribution in [0.2, 0.25) is 0 Å². The van der Waals surface area contributed by atoms with Crippen LogP contribution >= 0.6 is 0 Å². The molecule has 0 atom stereocenters. The van der Waals surface area contributed by atoms with Crippen LogP contribution in [0.5, 0.6) is 0 Å². The fourth-order valence-electron chi connectivity index (χ4n) is 1.01. The van der Waals surface area contributed by atoms with Gasteiger partial charge in [-0.2, -0.15) is 0 Å². The lowest BCUT2D eigenvalue weighted by molar-refractivity contribution is -0.384. The summed E-state index contributed by atoms with van der Waals surface area (Å²) in [5.41, 5.74) is 5.89. The minimum Gasteiger partial charge on any atom is -0.378 e. The molecule has 0 spiro atoms. The van der Waals surface area contributed by atoms with Crippen LogP contribution in [-0.4, -0.2) is 9.91 Å². The number of hydrogen-bond acceptors (Lipinski definition) is 4. The molecule has 12 heavy (non-hydrogen) atoms. The number of rotatable bonds is 2. The summed E-state index contributed by atoms with van der Waals surface area (Å²) in [5, 5.41) is 10.5. The minimum absolute atomic E-state index is 0.0145. The topological polar surface area (TPSA) is 82.0 Å². The van der Waals surface area contributed by atoms with Crippen molar-refractivity contribution in [2.45, 2.75) is 13.3 Å². The fraction of sp³-hybridized carbons (Fsp3) is 0.286. The molecule has 0 radical (unpaired) electrons.